The molecule has 0 bridgehead atoms. The van der Waals surface area contributed by atoms with Gasteiger partial charge >= 0.3 is 0 Å². The van der Waals surface area contributed by atoms with Gasteiger partial charge in [-0.2, -0.15) is 0 Å². The molecule has 0 saturated carbocycles. The third kappa shape index (κ3) is 3.71. The first kappa shape index (κ1) is 14.0. The minimum atomic E-state index is -1.44. The average Bonchev–Trinajstić information content (AvgIpc) is 2.26. The van der Waals surface area contributed by atoms with E-state index < -0.39 is 17.5 Å². The van der Waals surface area contributed by atoms with Crippen LogP contribution in [0.15, 0.2) is 12.1 Å². The molecule has 0 spiro atoms. The second-order valence-corrected chi connectivity index (χ2v) is 4.34. The summed E-state index contributed by atoms with van der Waals surface area (Å²) in [6, 6.07) is 2.03. The predicted molar refractivity (Wildman–Crippen MR) is 60.8 cm³/mol. The Labute approximate surface area is 99.0 Å². The summed E-state index contributed by atoms with van der Waals surface area (Å²) in [4.78, 5) is 0. The second-order valence-electron chi connectivity index (χ2n) is 4.34. The van der Waals surface area contributed by atoms with Gasteiger partial charge in [-0.1, -0.05) is 13.8 Å². The van der Waals surface area contributed by atoms with Gasteiger partial charge in [0.25, 0.3) is 0 Å². The number of hydrogen-bond donors (Lipinski definition) is 2. The molecule has 0 aliphatic rings. The number of halogens is 3. The van der Waals surface area contributed by atoms with Crippen LogP contribution in [-0.4, -0.2) is 12.6 Å². The van der Waals surface area contributed by atoms with E-state index in [1.54, 1.807) is 0 Å². The number of benzene rings is 1. The summed E-state index contributed by atoms with van der Waals surface area (Å²) in [5, 5.41) is 3.08. The largest absolute Gasteiger partial charge is 0.329 e. The zero-order valence-corrected chi connectivity index (χ0v) is 9.93. The molecule has 1 rings (SSSR count). The van der Waals surface area contributed by atoms with Gasteiger partial charge in [-0.25, -0.2) is 13.2 Å². The molecule has 0 radical (unpaired) electrons. The number of nitrogens with one attached hydrogen (secondary N) is 1. The van der Waals surface area contributed by atoms with Crippen molar-refractivity contribution in [1.29, 1.82) is 0 Å². The van der Waals surface area contributed by atoms with Crippen molar-refractivity contribution in [2.75, 3.05) is 6.54 Å². The lowest BCUT2D eigenvalue weighted by Crippen LogP contribution is -2.39. The van der Waals surface area contributed by atoms with E-state index >= 15 is 0 Å². The second kappa shape index (κ2) is 6.02. The van der Waals surface area contributed by atoms with Gasteiger partial charge in [-0.15, -0.1) is 0 Å². The number of hydrogen-bond acceptors (Lipinski definition) is 2. The Bertz CT molecular complexity index is 357. The van der Waals surface area contributed by atoms with Crippen LogP contribution in [0.2, 0.25) is 0 Å². The molecule has 1 atom stereocenters. The molecule has 0 aromatic heterocycles. The molecule has 17 heavy (non-hydrogen) atoms. The first-order valence-corrected chi connectivity index (χ1v) is 5.52. The number of nitrogens with two attached hydrogens (primary N) is 1. The zero-order valence-electron chi connectivity index (χ0n) is 9.93. The Morgan fingerprint density at radius 3 is 2.12 bits per heavy atom. The standard InChI is InChI=1S/C12H17F3N2/c1-7(2)11(5-16)17-6-8-3-9(13)12(15)10(14)4-8/h3-4,7,11,17H,5-6,16H2,1-2H3. The van der Waals surface area contributed by atoms with Crippen molar-refractivity contribution < 1.29 is 13.2 Å². The Morgan fingerprint density at radius 1 is 1.18 bits per heavy atom. The maximum absolute atomic E-state index is 12.9. The van der Waals surface area contributed by atoms with Crippen LogP contribution in [-0.2, 0) is 6.54 Å². The van der Waals surface area contributed by atoms with Gasteiger partial charge in [0.05, 0.1) is 0 Å². The highest BCUT2D eigenvalue weighted by atomic mass is 19.2. The molecule has 1 aromatic rings. The molecule has 3 N–H and O–H groups in total. The molecule has 0 fully saturated rings. The summed E-state index contributed by atoms with van der Waals surface area (Å²) in [6.45, 7) is 4.69. The van der Waals surface area contributed by atoms with Gasteiger partial charge in [0.1, 0.15) is 0 Å². The molecule has 0 amide bonds. The molecule has 1 aromatic carbocycles. The van der Waals surface area contributed by atoms with E-state index in [4.69, 9.17) is 5.73 Å². The van der Waals surface area contributed by atoms with Crippen LogP contribution in [0.4, 0.5) is 13.2 Å². The minimum absolute atomic E-state index is 0.0613. The van der Waals surface area contributed by atoms with E-state index in [0.717, 1.165) is 12.1 Å². The third-order valence-electron chi connectivity index (χ3n) is 2.67. The van der Waals surface area contributed by atoms with Crippen molar-refractivity contribution in [3.05, 3.63) is 35.1 Å². The fraction of sp³-hybridized carbons (Fsp3) is 0.500. The smallest absolute Gasteiger partial charge is 0.194 e. The maximum Gasteiger partial charge on any atom is 0.194 e. The van der Waals surface area contributed by atoms with Gasteiger partial charge in [0.15, 0.2) is 17.5 Å². The first-order chi connectivity index (χ1) is 7.95. The molecule has 96 valence electrons. The quantitative estimate of drug-likeness (QED) is 0.781. The van der Waals surface area contributed by atoms with E-state index in [2.05, 4.69) is 5.32 Å². The Hall–Kier alpha value is -1.07. The highest BCUT2D eigenvalue weighted by molar-refractivity contribution is 5.19. The molecule has 0 saturated heterocycles. The third-order valence-corrected chi connectivity index (χ3v) is 2.67. The fourth-order valence-electron chi connectivity index (χ4n) is 1.55. The van der Waals surface area contributed by atoms with Crippen LogP contribution >= 0.6 is 0 Å². The lowest BCUT2D eigenvalue weighted by molar-refractivity contribution is 0.401. The van der Waals surface area contributed by atoms with E-state index in [0.29, 0.717) is 18.0 Å². The monoisotopic (exact) mass is 246 g/mol. The van der Waals surface area contributed by atoms with Crippen molar-refractivity contribution in [3.8, 4) is 0 Å². The van der Waals surface area contributed by atoms with E-state index in [1.807, 2.05) is 13.8 Å². The SMILES string of the molecule is CC(C)C(CN)NCc1cc(F)c(F)c(F)c1. The van der Waals surface area contributed by atoms with Crippen molar-refractivity contribution in [3.63, 3.8) is 0 Å². The summed E-state index contributed by atoms with van der Waals surface area (Å²) < 4.78 is 38.6. The topological polar surface area (TPSA) is 38.0 Å². The predicted octanol–water partition coefficient (Wildman–Crippen LogP) is 2.18. The maximum atomic E-state index is 12.9. The molecule has 0 heterocycles. The summed E-state index contributed by atoms with van der Waals surface area (Å²) >= 11 is 0. The highest BCUT2D eigenvalue weighted by Crippen LogP contribution is 2.13. The average molecular weight is 246 g/mol. The van der Waals surface area contributed by atoms with Crippen LogP contribution in [0.1, 0.15) is 19.4 Å². The normalized spacial score (nSPS) is 13.1. The van der Waals surface area contributed by atoms with Crippen molar-refractivity contribution in [2.24, 2.45) is 11.7 Å². The number of rotatable bonds is 5. The highest BCUT2D eigenvalue weighted by Gasteiger charge is 2.13. The minimum Gasteiger partial charge on any atom is -0.329 e. The van der Waals surface area contributed by atoms with Gasteiger partial charge in [0, 0.05) is 19.1 Å². The fourth-order valence-corrected chi connectivity index (χ4v) is 1.55. The molecule has 5 heteroatoms. The first-order valence-electron chi connectivity index (χ1n) is 5.52. The van der Waals surface area contributed by atoms with Gasteiger partial charge in [0.2, 0.25) is 0 Å². The molecule has 1 unspecified atom stereocenters. The van der Waals surface area contributed by atoms with E-state index in [-0.39, 0.29) is 12.6 Å². The van der Waals surface area contributed by atoms with Crippen molar-refractivity contribution in [2.45, 2.75) is 26.4 Å². The van der Waals surface area contributed by atoms with Crippen LogP contribution in [0, 0.1) is 23.4 Å². The van der Waals surface area contributed by atoms with Crippen LogP contribution in [0.5, 0.6) is 0 Å². The van der Waals surface area contributed by atoms with Crippen molar-refractivity contribution >= 4 is 0 Å². The summed E-state index contributed by atoms with van der Waals surface area (Å²) in [5.41, 5.74) is 5.91. The van der Waals surface area contributed by atoms with E-state index in [9.17, 15) is 13.2 Å². The van der Waals surface area contributed by atoms with Gasteiger partial charge < -0.3 is 11.1 Å². The molecular weight excluding hydrogens is 229 g/mol. The molecule has 0 aliphatic carbocycles. The van der Waals surface area contributed by atoms with Crippen molar-refractivity contribution in [1.82, 2.24) is 5.32 Å². The van der Waals surface area contributed by atoms with Gasteiger partial charge in [-0.3, -0.25) is 0 Å². The van der Waals surface area contributed by atoms with Gasteiger partial charge in [-0.05, 0) is 23.6 Å². The summed E-state index contributed by atoms with van der Waals surface area (Å²) in [6.07, 6.45) is 0. The van der Waals surface area contributed by atoms with E-state index in [1.165, 1.54) is 0 Å². The Balaban J connectivity index is 2.69. The van der Waals surface area contributed by atoms with Crippen LogP contribution in [0.3, 0.4) is 0 Å². The lowest BCUT2D eigenvalue weighted by Gasteiger charge is -2.20. The molecule has 0 aliphatic heterocycles. The zero-order chi connectivity index (χ0) is 13.0. The summed E-state index contributed by atoms with van der Waals surface area (Å²) in [5.74, 6) is -3.46. The Morgan fingerprint density at radius 2 is 1.71 bits per heavy atom. The lowest BCUT2D eigenvalue weighted by atomic mass is 10.0. The molecule has 2 nitrogen and oxygen atoms in total. The van der Waals surface area contributed by atoms with Crippen LogP contribution in [0.25, 0.3) is 0 Å². The Kier molecular flexibility index (Phi) is 4.96. The van der Waals surface area contributed by atoms with Crippen LogP contribution < -0.4 is 11.1 Å². The summed E-state index contributed by atoms with van der Waals surface area (Å²) in [7, 11) is 0. The molecular formula is C12H17F3N2.